The molecule has 2 N–H and O–H groups in total. The zero-order valence-corrected chi connectivity index (χ0v) is 18.1. The summed E-state index contributed by atoms with van der Waals surface area (Å²) >= 11 is 0. The first-order valence-corrected chi connectivity index (χ1v) is 9.38. The molecule has 2 aliphatic heterocycles. The van der Waals surface area contributed by atoms with Gasteiger partial charge in [-0.25, -0.2) is 0 Å². The van der Waals surface area contributed by atoms with E-state index in [4.69, 9.17) is 4.74 Å². The zero-order chi connectivity index (χ0) is 17.8. The molecule has 0 saturated carbocycles. The van der Waals surface area contributed by atoms with Crippen LogP contribution in [-0.2, 0) is 4.79 Å². The van der Waals surface area contributed by atoms with E-state index in [2.05, 4.69) is 21.6 Å². The number of halogens is 2. The van der Waals surface area contributed by atoms with Crippen molar-refractivity contribution in [3.63, 3.8) is 0 Å². The van der Waals surface area contributed by atoms with Crippen LogP contribution in [0.5, 0.6) is 5.75 Å². The molecule has 1 amide bonds. The molecule has 2 heterocycles. The number of carbonyl (C=O) groups is 1. The second-order valence-corrected chi connectivity index (χ2v) is 7.74. The summed E-state index contributed by atoms with van der Waals surface area (Å²) in [7, 11) is 5.76. The lowest BCUT2D eigenvalue weighted by Crippen LogP contribution is -2.40. The van der Waals surface area contributed by atoms with Gasteiger partial charge in [-0.3, -0.25) is 4.79 Å². The van der Waals surface area contributed by atoms with Gasteiger partial charge in [0.15, 0.2) is 0 Å². The molecule has 3 atom stereocenters. The molecule has 7 heteroatoms. The summed E-state index contributed by atoms with van der Waals surface area (Å²) in [6.07, 6.45) is 5.52. The summed E-state index contributed by atoms with van der Waals surface area (Å²) in [5.74, 6) is 1.57. The highest BCUT2D eigenvalue weighted by Crippen LogP contribution is 2.32. The summed E-state index contributed by atoms with van der Waals surface area (Å²) in [4.78, 5) is 14.6. The van der Waals surface area contributed by atoms with Gasteiger partial charge in [0, 0.05) is 25.0 Å². The summed E-state index contributed by atoms with van der Waals surface area (Å²) in [6.45, 7) is 0.622. The van der Waals surface area contributed by atoms with Crippen LogP contribution in [0.1, 0.15) is 43.7 Å². The number of fused-ring (bicyclic) bond motifs is 2. The first-order chi connectivity index (χ1) is 12.0. The normalized spacial score (nSPS) is 24.5. The Labute approximate surface area is 175 Å². The molecule has 0 aromatic heterocycles. The highest BCUT2D eigenvalue weighted by Gasteiger charge is 2.34. The highest BCUT2D eigenvalue weighted by molar-refractivity contribution is 5.85. The topological polar surface area (TPSA) is 53.6 Å². The third-order valence-electron chi connectivity index (χ3n) is 5.64. The third kappa shape index (κ3) is 6.53. The van der Waals surface area contributed by atoms with Crippen LogP contribution in [0, 0.1) is 5.92 Å². The molecular weight excluding hydrogens is 385 g/mol. The van der Waals surface area contributed by atoms with Crippen molar-refractivity contribution in [1.29, 1.82) is 0 Å². The smallest absolute Gasteiger partial charge is 0.220 e. The van der Waals surface area contributed by atoms with E-state index in [-0.39, 0.29) is 36.8 Å². The molecular formula is C20H33Cl2N3O2. The number of nitrogens with one attached hydrogen (secondary N) is 2. The molecule has 1 aromatic rings. The number of carbonyl (C=O) groups excluding carboxylic acids is 1. The number of likely N-dealkylation sites (N-methyl/N-ethyl adjacent to an activating group) is 1. The van der Waals surface area contributed by atoms with E-state index in [1.54, 1.807) is 7.11 Å². The number of amides is 1. The van der Waals surface area contributed by atoms with Crippen LogP contribution in [0.15, 0.2) is 24.3 Å². The Morgan fingerprint density at radius 3 is 2.52 bits per heavy atom. The largest absolute Gasteiger partial charge is 0.497 e. The van der Waals surface area contributed by atoms with E-state index in [0.717, 1.165) is 24.2 Å². The average molecular weight is 418 g/mol. The molecule has 27 heavy (non-hydrogen) atoms. The zero-order valence-electron chi connectivity index (χ0n) is 16.4. The number of rotatable bonds is 7. The van der Waals surface area contributed by atoms with Gasteiger partial charge in [-0.1, -0.05) is 12.1 Å². The van der Waals surface area contributed by atoms with Crippen molar-refractivity contribution in [2.45, 2.75) is 50.2 Å². The van der Waals surface area contributed by atoms with Crippen LogP contribution in [0.25, 0.3) is 0 Å². The summed E-state index contributed by atoms with van der Waals surface area (Å²) in [6, 6.07) is 9.50. The number of piperidine rings is 1. The standard InChI is InChI=1S/C20H31N3O2.2ClH/c1-23(2)19(15-5-4-6-18(12-15)25-3)13-21-20(24)11-14-9-16-7-8-17(10-14)22-16;;/h4-6,12,14,16-17,19,22H,7-11,13H2,1-3H3,(H,21,24);2*1H. The van der Waals surface area contributed by atoms with Crippen molar-refractivity contribution in [3.05, 3.63) is 29.8 Å². The minimum Gasteiger partial charge on any atom is -0.497 e. The number of ether oxygens (including phenoxy) is 1. The van der Waals surface area contributed by atoms with Gasteiger partial charge in [0.05, 0.1) is 13.2 Å². The molecule has 3 unspecified atom stereocenters. The van der Waals surface area contributed by atoms with Gasteiger partial charge < -0.3 is 20.3 Å². The molecule has 0 spiro atoms. The average Bonchev–Trinajstić information content (AvgIpc) is 2.93. The van der Waals surface area contributed by atoms with Crippen molar-refractivity contribution in [2.24, 2.45) is 5.92 Å². The van der Waals surface area contributed by atoms with E-state index in [9.17, 15) is 4.79 Å². The molecule has 2 bridgehead atoms. The van der Waals surface area contributed by atoms with E-state index < -0.39 is 0 Å². The minimum absolute atomic E-state index is 0. The van der Waals surface area contributed by atoms with Crippen molar-refractivity contribution in [2.75, 3.05) is 27.7 Å². The molecule has 0 aliphatic carbocycles. The lowest BCUT2D eigenvalue weighted by Gasteiger charge is -2.29. The Balaban J connectivity index is 0.00000182. The first-order valence-electron chi connectivity index (χ1n) is 9.38. The fraction of sp³-hybridized carbons (Fsp3) is 0.650. The SMILES string of the molecule is COc1cccc(C(CNC(=O)CC2CC3CCC(C2)N3)N(C)C)c1.Cl.Cl. The van der Waals surface area contributed by atoms with Gasteiger partial charge in [0.1, 0.15) is 5.75 Å². The van der Waals surface area contributed by atoms with Gasteiger partial charge in [-0.15, -0.1) is 24.8 Å². The van der Waals surface area contributed by atoms with Crippen molar-refractivity contribution in [3.8, 4) is 5.75 Å². The molecule has 154 valence electrons. The van der Waals surface area contributed by atoms with E-state index in [1.165, 1.54) is 12.8 Å². The monoisotopic (exact) mass is 417 g/mol. The Hall–Kier alpha value is -1.01. The third-order valence-corrected chi connectivity index (χ3v) is 5.64. The van der Waals surface area contributed by atoms with Crippen LogP contribution in [0.2, 0.25) is 0 Å². The first kappa shape index (κ1) is 24.0. The fourth-order valence-electron chi connectivity index (χ4n) is 4.33. The Morgan fingerprint density at radius 2 is 1.93 bits per heavy atom. The number of methoxy groups -OCH3 is 1. The number of benzene rings is 1. The quantitative estimate of drug-likeness (QED) is 0.714. The van der Waals surface area contributed by atoms with Crippen LogP contribution in [-0.4, -0.2) is 50.6 Å². The molecule has 2 fully saturated rings. The number of hydrogen-bond donors (Lipinski definition) is 2. The molecule has 0 radical (unpaired) electrons. The van der Waals surface area contributed by atoms with E-state index in [0.29, 0.717) is 31.0 Å². The maximum absolute atomic E-state index is 12.5. The van der Waals surface area contributed by atoms with Crippen molar-refractivity contribution in [1.82, 2.24) is 15.5 Å². The molecule has 2 saturated heterocycles. The van der Waals surface area contributed by atoms with Crippen LogP contribution >= 0.6 is 24.8 Å². The minimum atomic E-state index is 0. The summed E-state index contributed by atoms with van der Waals surface area (Å²) < 4.78 is 5.33. The van der Waals surface area contributed by atoms with Crippen LogP contribution in [0.4, 0.5) is 0 Å². The van der Waals surface area contributed by atoms with E-state index >= 15 is 0 Å². The maximum atomic E-state index is 12.5. The van der Waals surface area contributed by atoms with Gasteiger partial charge in [0.2, 0.25) is 5.91 Å². The van der Waals surface area contributed by atoms with Crippen molar-refractivity contribution >= 4 is 30.7 Å². The Bertz CT molecular complexity index is 588. The lowest BCUT2D eigenvalue weighted by molar-refractivity contribution is -0.122. The predicted molar refractivity (Wildman–Crippen MR) is 114 cm³/mol. The second kappa shape index (κ2) is 11.1. The number of hydrogen-bond acceptors (Lipinski definition) is 4. The molecule has 3 rings (SSSR count). The Morgan fingerprint density at radius 1 is 1.26 bits per heavy atom. The molecule has 1 aromatic carbocycles. The molecule has 5 nitrogen and oxygen atoms in total. The van der Waals surface area contributed by atoms with E-state index in [1.807, 2.05) is 32.3 Å². The van der Waals surface area contributed by atoms with Gasteiger partial charge in [0.25, 0.3) is 0 Å². The Kier molecular flexibility index (Phi) is 9.88. The lowest BCUT2D eigenvalue weighted by atomic mass is 9.89. The van der Waals surface area contributed by atoms with Crippen LogP contribution < -0.4 is 15.4 Å². The number of nitrogens with zero attached hydrogens (tertiary/aromatic N) is 1. The maximum Gasteiger partial charge on any atom is 0.220 e. The highest BCUT2D eigenvalue weighted by atomic mass is 35.5. The molecule has 2 aliphatic rings. The van der Waals surface area contributed by atoms with Gasteiger partial charge in [-0.05, 0) is 63.4 Å². The van der Waals surface area contributed by atoms with Gasteiger partial charge >= 0.3 is 0 Å². The van der Waals surface area contributed by atoms with Gasteiger partial charge in [-0.2, -0.15) is 0 Å². The van der Waals surface area contributed by atoms with Crippen molar-refractivity contribution < 1.29 is 9.53 Å². The summed E-state index contributed by atoms with van der Waals surface area (Å²) in [5, 5.41) is 6.80. The van der Waals surface area contributed by atoms with Crippen LogP contribution in [0.3, 0.4) is 0 Å². The second-order valence-electron chi connectivity index (χ2n) is 7.74. The fourth-order valence-corrected chi connectivity index (χ4v) is 4.33. The predicted octanol–water partition coefficient (Wildman–Crippen LogP) is 3.18. The summed E-state index contributed by atoms with van der Waals surface area (Å²) in [5.41, 5.74) is 1.16.